The first-order valence-electron chi connectivity index (χ1n) is 6.17. The minimum absolute atomic E-state index is 0.249. The van der Waals surface area contributed by atoms with Crippen LogP contribution in [0.15, 0.2) is 34.2 Å². The third-order valence-corrected chi connectivity index (χ3v) is 3.84. The van der Waals surface area contributed by atoms with Gasteiger partial charge in [-0.2, -0.15) is 0 Å². The average molecular weight is 277 g/mol. The maximum absolute atomic E-state index is 13.7. The molecule has 1 heterocycles. The summed E-state index contributed by atoms with van der Waals surface area (Å²) in [5.41, 5.74) is 6.68. The third-order valence-electron chi connectivity index (χ3n) is 2.70. The molecule has 0 radical (unpaired) electrons. The van der Waals surface area contributed by atoms with Crippen LogP contribution >= 0.6 is 11.8 Å². The van der Waals surface area contributed by atoms with Crippen molar-refractivity contribution in [2.45, 2.75) is 36.6 Å². The number of aryl methyl sites for hydroxylation is 1. The highest BCUT2D eigenvalue weighted by Gasteiger charge is 2.11. The average Bonchev–Trinajstić information content (AvgIpc) is 2.38. The molecular weight excluding hydrogens is 261 g/mol. The van der Waals surface area contributed by atoms with E-state index in [4.69, 9.17) is 5.73 Å². The van der Waals surface area contributed by atoms with Crippen molar-refractivity contribution in [3.8, 4) is 0 Å². The number of hydrogen-bond donors (Lipinski definition) is 1. The van der Waals surface area contributed by atoms with E-state index < -0.39 is 0 Å². The van der Waals surface area contributed by atoms with Crippen molar-refractivity contribution in [3.63, 3.8) is 0 Å². The first-order chi connectivity index (χ1) is 9.11. The van der Waals surface area contributed by atoms with E-state index in [0.29, 0.717) is 16.5 Å². The maximum atomic E-state index is 13.7. The molecule has 1 aromatic carbocycles. The molecule has 5 heteroatoms. The topological polar surface area (TPSA) is 51.8 Å². The van der Waals surface area contributed by atoms with Gasteiger partial charge in [0.15, 0.2) is 0 Å². The van der Waals surface area contributed by atoms with E-state index in [9.17, 15) is 4.39 Å². The summed E-state index contributed by atoms with van der Waals surface area (Å²) in [5.74, 6) is 0.933. The molecular formula is C14H16FN3S. The van der Waals surface area contributed by atoms with Crippen molar-refractivity contribution in [2.75, 3.05) is 5.73 Å². The number of hydrogen-bond acceptors (Lipinski definition) is 4. The van der Waals surface area contributed by atoms with Crippen LogP contribution in [0.5, 0.6) is 0 Å². The lowest BCUT2D eigenvalue weighted by atomic mass is 10.3. The van der Waals surface area contributed by atoms with Gasteiger partial charge in [0.1, 0.15) is 22.5 Å². The summed E-state index contributed by atoms with van der Waals surface area (Å²) < 4.78 is 13.7. The highest BCUT2D eigenvalue weighted by atomic mass is 32.2. The van der Waals surface area contributed by atoms with Gasteiger partial charge in [-0.15, -0.1) is 0 Å². The first kappa shape index (κ1) is 13.8. The minimum Gasteiger partial charge on any atom is -0.383 e. The van der Waals surface area contributed by atoms with Crippen molar-refractivity contribution in [1.82, 2.24) is 9.97 Å². The lowest BCUT2D eigenvalue weighted by Crippen LogP contribution is -2.04. The zero-order valence-electron chi connectivity index (χ0n) is 11.0. The third kappa shape index (κ3) is 3.23. The zero-order valence-corrected chi connectivity index (χ0v) is 11.8. The number of nitrogens with zero attached hydrogens (tertiary/aromatic N) is 2. The van der Waals surface area contributed by atoms with E-state index >= 15 is 0 Å². The van der Waals surface area contributed by atoms with E-state index in [1.54, 1.807) is 18.2 Å². The van der Waals surface area contributed by atoms with Gasteiger partial charge in [-0.25, -0.2) is 14.4 Å². The Bertz CT molecular complexity index is 587. The van der Waals surface area contributed by atoms with Gasteiger partial charge in [-0.3, -0.25) is 0 Å². The molecule has 0 saturated heterocycles. The number of nitrogen functional groups attached to an aromatic ring is 1. The smallest absolute Gasteiger partial charge is 0.137 e. The Labute approximate surface area is 116 Å². The predicted molar refractivity (Wildman–Crippen MR) is 75.7 cm³/mol. The van der Waals surface area contributed by atoms with Crippen LogP contribution < -0.4 is 5.73 Å². The van der Waals surface area contributed by atoms with Gasteiger partial charge in [0.05, 0.1) is 0 Å². The second-order valence-corrected chi connectivity index (χ2v) is 5.27. The Balaban J connectivity index is 2.36. The molecule has 0 fully saturated rings. The molecule has 0 aliphatic rings. The molecule has 2 rings (SSSR count). The van der Waals surface area contributed by atoms with Crippen molar-refractivity contribution < 1.29 is 4.39 Å². The fourth-order valence-corrected chi connectivity index (χ4v) is 2.55. The first-order valence-corrected chi connectivity index (χ1v) is 6.98. The number of rotatable bonds is 4. The summed E-state index contributed by atoms with van der Waals surface area (Å²) in [5, 5.41) is 0.723. The summed E-state index contributed by atoms with van der Waals surface area (Å²) in [6.45, 7) is 3.91. The highest BCUT2D eigenvalue weighted by molar-refractivity contribution is 7.99. The Morgan fingerprint density at radius 1 is 1.26 bits per heavy atom. The van der Waals surface area contributed by atoms with Crippen molar-refractivity contribution in [1.29, 1.82) is 0 Å². The van der Waals surface area contributed by atoms with Gasteiger partial charge < -0.3 is 5.73 Å². The van der Waals surface area contributed by atoms with E-state index in [1.165, 1.54) is 17.8 Å². The van der Waals surface area contributed by atoms with Crippen LogP contribution in [0.25, 0.3) is 0 Å². The summed E-state index contributed by atoms with van der Waals surface area (Å²) in [4.78, 5) is 9.26. The van der Waals surface area contributed by atoms with Crippen LogP contribution in [-0.4, -0.2) is 9.97 Å². The SMILES string of the molecule is CCCc1nc(N)c(C)c(Sc2ccccc2F)n1. The highest BCUT2D eigenvalue weighted by Crippen LogP contribution is 2.32. The van der Waals surface area contributed by atoms with E-state index in [0.717, 1.165) is 23.4 Å². The van der Waals surface area contributed by atoms with Gasteiger partial charge in [-0.05, 0) is 25.5 Å². The van der Waals surface area contributed by atoms with Gasteiger partial charge >= 0.3 is 0 Å². The number of benzene rings is 1. The quantitative estimate of drug-likeness (QED) is 0.867. The van der Waals surface area contributed by atoms with Crippen LogP contribution in [0.4, 0.5) is 10.2 Å². The standard InChI is InChI=1S/C14H16FN3S/c1-3-6-12-17-13(16)9(2)14(18-12)19-11-8-5-4-7-10(11)15/h4-5,7-8H,3,6H2,1-2H3,(H2,16,17,18). The fraction of sp³-hybridized carbons (Fsp3) is 0.286. The van der Waals surface area contributed by atoms with Gasteiger partial charge in [0.25, 0.3) is 0 Å². The Morgan fingerprint density at radius 2 is 2.00 bits per heavy atom. The maximum Gasteiger partial charge on any atom is 0.137 e. The number of halogens is 1. The molecule has 0 aliphatic carbocycles. The predicted octanol–water partition coefficient (Wildman–Crippen LogP) is 3.61. The Kier molecular flexibility index (Phi) is 4.37. The molecule has 0 atom stereocenters. The van der Waals surface area contributed by atoms with E-state index in [-0.39, 0.29) is 5.82 Å². The van der Waals surface area contributed by atoms with E-state index in [1.807, 2.05) is 6.92 Å². The molecule has 19 heavy (non-hydrogen) atoms. The molecule has 3 nitrogen and oxygen atoms in total. The number of nitrogens with two attached hydrogens (primary N) is 1. The second-order valence-electron chi connectivity index (χ2n) is 4.24. The second kappa shape index (κ2) is 6.02. The lowest BCUT2D eigenvalue weighted by molar-refractivity contribution is 0.602. The van der Waals surface area contributed by atoms with E-state index in [2.05, 4.69) is 16.9 Å². The van der Waals surface area contributed by atoms with Crippen LogP contribution in [0.2, 0.25) is 0 Å². The van der Waals surface area contributed by atoms with Crippen molar-refractivity contribution in [2.24, 2.45) is 0 Å². The Hall–Kier alpha value is -1.62. The van der Waals surface area contributed by atoms with Crippen molar-refractivity contribution >= 4 is 17.6 Å². The zero-order chi connectivity index (χ0) is 13.8. The molecule has 0 amide bonds. The molecule has 0 spiro atoms. The lowest BCUT2D eigenvalue weighted by Gasteiger charge is -2.09. The van der Waals surface area contributed by atoms with Crippen LogP contribution in [0.1, 0.15) is 24.7 Å². The molecule has 100 valence electrons. The molecule has 0 unspecified atom stereocenters. The van der Waals surface area contributed by atoms with Gasteiger partial charge in [0, 0.05) is 16.9 Å². The summed E-state index contributed by atoms with van der Waals surface area (Å²) in [7, 11) is 0. The van der Waals surface area contributed by atoms with Gasteiger partial charge in [0.2, 0.25) is 0 Å². The Morgan fingerprint density at radius 3 is 2.68 bits per heavy atom. The minimum atomic E-state index is -0.249. The van der Waals surface area contributed by atoms with Crippen molar-refractivity contribution in [3.05, 3.63) is 41.5 Å². The fourth-order valence-electron chi connectivity index (χ4n) is 1.62. The largest absolute Gasteiger partial charge is 0.383 e. The summed E-state index contributed by atoms with van der Waals surface area (Å²) >= 11 is 1.29. The molecule has 1 aromatic heterocycles. The van der Waals surface area contributed by atoms with Crippen LogP contribution in [0, 0.1) is 12.7 Å². The summed E-state index contributed by atoms with van der Waals surface area (Å²) in [6, 6.07) is 6.65. The molecule has 2 aromatic rings. The number of aromatic nitrogens is 2. The molecule has 0 bridgehead atoms. The monoisotopic (exact) mass is 277 g/mol. The molecule has 2 N–H and O–H groups in total. The summed E-state index contributed by atoms with van der Waals surface area (Å²) in [6.07, 6.45) is 1.72. The van der Waals surface area contributed by atoms with Crippen LogP contribution in [-0.2, 0) is 6.42 Å². The molecule has 0 saturated carbocycles. The van der Waals surface area contributed by atoms with Gasteiger partial charge in [-0.1, -0.05) is 30.8 Å². The van der Waals surface area contributed by atoms with Crippen LogP contribution in [0.3, 0.4) is 0 Å². The normalized spacial score (nSPS) is 10.7. The molecule has 0 aliphatic heterocycles. The number of anilines is 1.